The Labute approximate surface area is 140 Å². The number of carbonyl (C=O) groups excluding carboxylic acids is 4. The summed E-state index contributed by atoms with van der Waals surface area (Å²) in [4.78, 5) is 46.7. The normalized spacial score (nSPS) is 10.0. The predicted molar refractivity (Wildman–Crippen MR) is 83.0 cm³/mol. The Hall–Kier alpha value is -2.50. The summed E-state index contributed by atoms with van der Waals surface area (Å²) in [5, 5.41) is -1.72. The first-order chi connectivity index (χ1) is 10.9. The highest BCUT2D eigenvalue weighted by atomic mass is 35.5. The molecular formula is C16H8Cl2O5. The van der Waals surface area contributed by atoms with E-state index in [2.05, 4.69) is 0 Å². The number of hydrogen-bond donors (Lipinski definition) is 0. The second-order valence-electron chi connectivity index (χ2n) is 4.32. The van der Waals surface area contributed by atoms with Crippen LogP contribution < -0.4 is 0 Å². The summed E-state index contributed by atoms with van der Waals surface area (Å²) in [6, 6.07) is 11.2. The van der Waals surface area contributed by atoms with Crippen LogP contribution in [0.1, 0.15) is 41.4 Å². The zero-order valence-electron chi connectivity index (χ0n) is 11.4. The van der Waals surface area contributed by atoms with Gasteiger partial charge in [0.05, 0.1) is 11.1 Å². The third-order valence-electron chi connectivity index (χ3n) is 2.90. The van der Waals surface area contributed by atoms with Crippen LogP contribution >= 0.6 is 23.2 Å². The highest BCUT2D eigenvalue weighted by molar-refractivity contribution is 6.68. The predicted octanol–water partition coefficient (Wildman–Crippen LogP) is 3.44. The standard InChI is InChI=1S/C16H8Cl2O5/c17-13(19)9-5-1-3-7-11(9)15(21)23-16(22)12-8-4-2-6-10(12)14(18)20/h1-8H. The van der Waals surface area contributed by atoms with Crippen LogP contribution in [0, 0.1) is 0 Å². The molecule has 2 aromatic rings. The van der Waals surface area contributed by atoms with E-state index in [0.29, 0.717) is 0 Å². The highest BCUT2D eigenvalue weighted by Gasteiger charge is 2.22. The van der Waals surface area contributed by atoms with Crippen LogP contribution in [0.2, 0.25) is 0 Å². The molecule has 0 radical (unpaired) electrons. The van der Waals surface area contributed by atoms with Gasteiger partial charge in [-0.25, -0.2) is 9.59 Å². The van der Waals surface area contributed by atoms with E-state index in [1.54, 1.807) is 0 Å². The molecule has 0 atom stereocenters. The molecule has 116 valence electrons. The van der Waals surface area contributed by atoms with Crippen LogP contribution in [-0.2, 0) is 4.74 Å². The molecule has 0 amide bonds. The van der Waals surface area contributed by atoms with Gasteiger partial charge in [-0.15, -0.1) is 0 Å². The van der Waals surface area contributed by atoms with Gasteiger partial charge >= 0.3 is 11.9 Å². The summed E-state index contributed by atoms with van der Waals surface area (Å²) < 4.78 is 4.70. The van der Waals surface area contributed by atoms with Gasteiger partial charge in [0, 0.05) is 11.1 Å². The lowest BCUT2D eigenvalue weighted by atomic mass is 10.1. The van der Waals surface area contributed by atoms with Gasteiger partial charge in [-0.05, 0) is 47.5 Å². The molecular weight excluding hydrogens is 343 g/mol. The van der Waals surface area contributed by atoms with Gasteiger partial charge in [-0.1, -0.05) is 24.3 Å². The van der Waals surface area contributed by atoms with Crippen LogP contribution in [0.25, 0.3) is 0 Å². The van der Waals surface area contributed by atoms with Crippen molar-refractivity contribution in [1.29, 1.82) is 0 Å². The van der Waals surface area contributed by atoms with E-state index < -0.39 is 22.4 Å². The average Bonchev–Trinajstić information content (AvgIpc) is 2.54. The van der Waals surface area contributed by atoms with E-state index in [0.717, 1.165) is 0 Å². The van der Waals surface area contributed by atoms with E-state index >= 15 is 0 Å². The summed E-state index contributed by atoms with van der Waals surface area (Å²) in [5.74, 6) is -2.12. The minimum absolute atomic E-state index is 0.0892. The van der Waals surface area contributed by atoms with Gasteiger partial charge in [-0.2, -0.15) is 0 Å². The van der Waals surface area contributed by atoms with Gasteiger partial charge in [0.25, 0.3) is 10.5 Å². The summed E-state index contributed by atoms with van der Waals surface area (Å²) in [5.41, 5.74) is -0.492. The van der Waals surface area contributed by atoms with E-state index in [9.17, 15) is 19.2 Å². The van der Waals surface area contributed by atoms with Crippen molar-refractivity contribution >= 4 is 45.6 Å². The maximum atomic E-state index is 12.1. The fourth-order valence-electron chi connectivity index (χ4n) is 1.86. The first kappa shape index (κ1) is 16.9. The third-order valence-corrected chi connectivity index (χ3v) is 3.31. The fraction of sp³-hybridized carbons (Fsp3) is 0. The third kappa shape index (κ3) is 3.83. The lowest BCUT2D eigenvalue weighted by molar-refractivity contribution is 0.0394. The van der Waals surface area contributed by atoms with Crippen LogP contribution in [0.4, 0.5) is 0 Å². The Bertz CT molecular complexity index is 746. The summed E-state index contributed by atoms with van der Waals surface area (Å²) >= 11 is 10.8. The number of carbonyl (C=O) groups is 4. The number of ether oxygens (including phenoxy) is 1. The van der Waals surface area contributed by atoms with E-state index in [1.807, 2.05) is 0 Å². The summed E-state index contributed by atoms with van der Waals surface area (Å²) in [6.07, 6.45) is 0. The molecule has 0 aliphatic rings. The number of esters is 2. The minimum atomic E-state index is -1.06. The quantitative estimate of drug-likeness (QED) is 0.479. The topological polar surface area (TPSA) is 77.5 Å². The SMILES string of the molecule is O=C(Cl)c1ccccc1C(=O)OC(=O)c1ccccc1C(=O)Cl. The van der Waals surface area contributed by atoms with E-state index in [-0.39, 0.29) is 22.3 Å². The maximum Gasteiger partial charge on any atom is 0.346 e. The smallest absolute Gasteiger partial charge is 0.346 e. The van der Waals surface area contributed by atoms with Gasteiger partial charge in [0.1, 0.15) is 0 Å². The van der Waals surface area contributed by atoms with Crippen molar-refractivity contribution in [2.75, 3.05) is 0 Å². The van der Waals surface area contributed by atoms with Crippen molar-refractivity contribution < 1.29 is 23.9 Å². The Morgan fingerprint density at radius 3 is 1.22 bits per heavy atom. The molecule has 0 saturated heterocycles. The zero-order valence-corrected chi connectivity index (χ0v) is 12.9. The Morgan fingerprint density at radius 1 is 0.609 bits per heavy atom. The molecule has 0 fully saturated rings. The number of rotatable bonds is 4. The largest absolute Gasteiger partial charge is 0.386 e. The lowest BCUT2D eigenvalue weighted by Crippen LogP contribution is -2.17. The number of halogens is 2. The molecule has 23 heavy (non-hydrogen) atoms. The minimum Gasteiger partial charge on any atom is -0.386 e. The van der Waals surface area contributed by atoms with Crippen molar-refractivity contribution in [2.45, 2.75) is 0 Å². The monoisotopic (exact) mass is 350 g/mol. The van der Waals surface area contributed by atoms with E-state index in [1.165, 1.54) is 48.5 Å². The molecule has 0 aliphatic heterocycles. The maximum absolute atomic E-state index is 12.1. The second kappa shape index (κ2) is 7.17. The second-order valence-corrected chi connectivity index (χ2v) is 5.00. The first-order valence-corrected chi connectivity index (χ1v) is 7.01. The molecule has 0 aromatic heterocycles. The Morgan fingerprint density at radius 2 is 0.913 bits per heavy atom. The molecule has 0 unspecified atom stereocenters. The van der Waals surface area contributed by atoms with Crippen molar-refractivity contribution in [3.8, 4) is 0 Å². The van der Waals surface area contributed by atoms with Crippen LogP contribution in [0.5, 0.6) is 0 Å². The molecule has 0 saturated carbocycles. The van der Waals surface area contributed by atoms with Gasteiger partial charge in [-0.3, -0.25) is 9.59 Å². The van der Waals surface area contributed by atoms with Crippen molar-refractivity contribution in [3.63, 3.8) is 0 Å². The molecule has 7 heteroatoms. The highest BCUT2D eigenvalue weighted by Crippen LogP contribution is 2.16. The molecule has 0 N–H and O–H groups in total. The molecule has 0 spiro atoms. The summed E-state index contributed by atoms with van der Waals surface area (Å²) in [7, 11) is 0. The van der Waals surface area contributed by atoms with Gasteiger partial charge in [0.15, 0.2) is 0 Å². The molecule has 2 aromatic carbocycles. The van der Waals surface area contributed by atoms with Crippen molar-refractivity contribution in [2.24, 2.45) is 0 Å². The fourth-order valence-corrected chi connectivity index (χ4v) is 2.19. The molecule has 5 nitrogen and oxygen atoms in total. The van der Waals surface area contributed by atoms with Gasteiger partial charge < -0.3 is 4.74 Å². The molecule has 0 aliphatic carbocycles. The number of hydrogen-bond acceptors (Lipinski definition) is 5. The first-order valence-electron chi connectivity index (χ1n) is 6.26. The van der Waals surface area contributed by atoms with Crippen molar-refractivity contribution in [3.05, 3.63) is 70.8 Å². The molecule has 0 bridgehead atoms. The van der Waals surface area contributed by atoms with Crippen LogP contribution in [0.3, 0.4) is 0 Å². The Kier molecular flexibility index (Phi) is 5.26. The lowest BCUT2D eigenvalue weighted by Gasteiger charge is -2.07. The van der Waals surface area contributed by atoms with E-state index in [4.69, 9.17) is 27.9 Å². The molecule has 2 rings (SSSR count). The van der Waals surface area contributed by atoms with Crippen molar-refractivity contribution in [1.82, 2.24) is 0 Å². The molecule has 0 heterocycles. The van der Waals surface area contributed by atoms with Crippen LogP contribution in [0.15, 0.2) is 48.5 Å². The number of benzene rings is 2. The summed E-state index contributed by atoms with van der Waals surface area (Å²) in [6.45, 7) is 0. The van der Waals surface area contributed by atoms with Crippen LogP contribution in [-0.4, -0.2) is 22.4 Å². The average molecular weight is 351 g/mol. The Balaban J connectivity index is 2.30. The van der Waals surface area contributed by atoms with Gasteiger partial charge in [0.2, 0.25) is 0 Å². The zero-order chi connectivity index (χ0) is 17.0.